The summed E-state index contributed by atoms with van der Waals surface area (Å²) in [6.45, 7) is 0.439. The molecule has 1 aliphatic rings. The van der Waals surface area contributed by atoms with Crippen LogP contribution in [-0.4, -0.2) is 35.8 Å². The van der Waals surface area contributed by atoms with Crippen molar-refractivity contribution in [1.29, 1.82) is 0 Å². The molecule has 0 saturated carbocycles. The van der Waals surface area contributed by atoms with Gasteiger partial charge >= 0.3 is 0 Å². The number of nitrogens with zero attached hydrogens (tertiary/aromatic N) is 1. The Morgan fingerprint density at radius 2 is 2.40 bits per heavy atom. The van der Waals surface area contributed by atoms with Crippen LogP contribution in [0.4, 0.5) is 0 Å². The summed E-state index contributed by atoms with van der Waals surface area (Å²) in [7, 11) is 0. The van der Waals surface area contributed by atoms with Gasteiger partial charge in [0, 0.05) is 6.54 Å². The van der Waals surface area contributed by atoms with Crippen molar-refractivity contribution < 1.29 is 9.59 Å². The van der Waals surface area contributed by atoms with E-state index in [9.17, 15) is 9.59 Å². The maximum Gasteiger partial charge on any atom is 0.241 e. The van der Waals surface area contributed by atoms with Crippen molar-refractivity contribution in [2.24, 2.45) is 11.5 Å². The topological polar surface area (TPSA) is 89.4 Å². The number of carbonyl (C=O) groups is 2. The molecule has 5 nitrogen and oxygen atoms in total. The third-order valence-electron chi connectivity index (χ3n) is 1.39. The molecule has 1 aliphatic heterocycles. The number of β-lactam (4-membered cyclic amide) rings is 1. The van der Waals surface area contributed by atoms with Crippen LogP contribution in [0.2, 0.25) is 0 Å². The second-order valence-corrected chi connectivity index (χ2v) is 2.29. The summed E-state index contributed by atoms with van der Waals surface area (Å²) in [5.74, 6) is -0.695. The van der Waals surface area contributed by atoms with E-state index in [2.05, 4.69) is 0 Å². The molecule has 1 unspecified atom stereocenters. The van der Waals surface area contributed by atoms with Gasteiger partial charge < -0.3 is 16.4 Å². The Morgan fingerprint density at radius 1 is 1.80 bits per heavy atom. The van der Waals surface area contributed by atoms with Gasteiger partial charge in [0.1, 0.15) is 6.04 Å². The summed E-state index contributed by atoms with van der Waals surface area (Å²) < 4.78 is 0. The van der Waals surface area contributed by atoms with Gasteiger partial charge in [0.25, 0.3) is 0 Å². The van der Waals surface area contributed by atoms with E-state index in [-0.39, 0.29) is 12.5 Å². The van der Waals surface area contributed by atoms with Crippen LogP contribution in [0, 0.1) is 0 Å². The van der Waals surface area contributed by atoms with Crippen LogP contribution in [-0.2, 0) is 9.59 Å². The zero-order chi connectivity index (χ0) is 7.72. The number of likely N-dealkylation sites (tertiary alicyclic amines) is 1. The fourth-order valence-corrected chi connectivity index (χ4v) is 0.858. The molecule has 0 spiro atoms. The number of rotatable bonds is 2. The lowest BCUT2D eigenvalue weighted by Crippen LogP contribution is -2.62. The zero-order valence-electron chi connectivity index (χ0n) is 5.41. The second-order valence-electron chi connectivity index (χ2n) is 2.29. The molecule has 1 fully saturated rings. The molecular formula is C5H9N3O2. The fraction of sp³-hybridized carbons (Fsp3) is 0.600. The first kappa shape index (κ1) is 7.01. The van der Waals surface area contributed by atoms with Crippen LogP contribution in [0.5, 0.6) is 0 Å². The van der Waals surface area contributed by atoms with Crippen LogP contribution in [0.1, 0.15) is 0 Å². The van der Waals surface area contributed by atoms with Crippen molar-refractivity contribution in [3.63, 3.8) is 0 Å². The normalized spacial score (nSPS) is 24.3. The lowest BCUT2D eigenvalue weighted by atomic mass is 10.1. The van der Waals surface area contributed by atoms with Crippen molar-refractivity contribution in [2.45, 2.75) is 6.04 Å². The van der Waals surface area contributed by atoms with Gasteiger partial charge in [0.05, 0.1) is 6.54 Å². The van der Waals surface area contributed by atoms with Crippen molar-refractivity contribution >= 4 is 11.8 Å². The van der Waals surface area contributed by atoms with E-state index in [0.717, 1.165) is 0 Å². The van der Waals surface area contributed by atoms with Crippen LogP contribution in [0.3, 0.4) is 0 Å². The molecule has 1 saturated heterocycles. The minimum absolute atomic E-state index is 0.00741. The highest BCUT2D eigenvalue weighted by Crippen LogP contribution is 2.05. The Hall–Kier alpha value is -1.10. The van der Waals surface area contributed by atoms with Crippen LogP contribution >= 0.6 is 0 Å². The lowest BCUT2D eigenvalue weighted by Gasteiger charge is -2.34. The van der Waals surface area contributed by atoms with Gasteiger partial charge in [0.2, 0.25) is 11.8 Å². The standard InChI is InChI=1S/C5H9N3O2/c6-3-1-8(5(3)10)2-4(7)9/h3H,1-2,6H2,(H2,7,9). The highest BCUT2D eigenvalue weighted by Gasteiger charge is 2.33. The molecule has 4 N–H and O–H groups in total. The molecule has 1 rings (SSSR count). The molecule has 2 amide bonds. The van der Waals surface area contributed by atoms with Crippen LogP contribution in [0.15, 0.2) is 0 Å². The Kier molecular flexibility index (Phi) is 1.58. The quantitative estimate of drug-likeness (QED) is 0.424. The van der Waals surface area contributed by atoms with Crippen molar-refractivity contribution in [1.82, 2.24) is 4.90 Å². The van der Waals surface area contributed by atoms with Gasteiger partial charge in [0.15, 0.2) is 0 Å². The minimum atomic E-state index is -0.500. The summed E-state index contributed by atoms with van der Waals surface area (Å²) in [6, 6.07) is -0.417. The average molecular weight is 143 g/mol. The highest BCUT2D eigenvalue weighted by atomic mass is 16.2. The highest BCUT2D eigenvalue weighted by molar-refractivity contribution is 5.91. The molecular weight excluding hydrogens is 134 g/mol. The first-order chi connectivity index (χ1) is 4.61. The Balaban J connectivity index is 2.34. The van der Waals surface area contributed by atoms with E-state index in [0.29, 0.717) is 6.54 Å². The molecule has 0 aromatic carbocycles. The number of amides is 2. The van der Waals surface area contributed by atoms with Gasteiger partial charge in [-0.25, -0.2) is 0 Å². The van der Waals surface area contributed by atoms with Gasteiger partial charge in [-0.05, 0) is 0 Å². The summed E-state index contributed by atoms with van der Waals surface area (Å²) in [6.07, 6.45) is 0. The molecule has 0 aliphatic carbocycles. The minimum Gasteiger partial charge on any atom is -0.368 e. The summed E-state index contributed by atoms with van der Waals surface area (Å²) in [4.78, 5) is 22.3. The number of hydrogen-bond acceptors (Lipinski definition) is 3. The summed E-state index contributed by atoms with van der Waals surface area (Å²) in [5.41, 5.74) is 10.1. The second kappa shape index (κ2) is 2.26. The molecule has 10 heavy (non-hydrogen) atoms. The first-order valence-corrected chi connectivity index (χ1v) is 2.94. The molecule has 0 bridgehead atoms. The molecule has 5 heteroatoms. The average Bonchev–Trinajstić information content (AvgIpc) is 1.86. The monoisotopic (exact) mass is 143 g/mol. The summed E-state index contributed by atoms with van der Waals surface area (Å²) >= 11 is 0. The fourth-order valence-electron chi connectivity index (χ4n) is 0.858. The van der Waals surface area contributed by atoms with E-state index in [1.165, 1.54) is 4.90 Å². The Labute approximate surface area is 58.0 Å². The van der Waals surface area contributed by atoms with E-state index in [4.69, 9.17) is 11.5 Å². The van der Waals surface area contributed by atoms with Crippen molar-refractivity contribution in [2.75, 3.05) is 13.1 Å². The number of carbonyl (C=O) groups excluding carboxylic acids is 2. The van der Waals surface area contributed by atoms with E-state index in [1.54, 1.807) is 0 Å². The number of primary amides is 1. The lowest BCUT2D eigenvalue weighted by molar-refractivity contribution is -0.145. The smallest absolute Gasteiger partial charge is 0.241 e. The molecule has 0 aromatic heterocycles. The molecule has 1 heterocycles. The first-order valence-electron chi connectivity index (χ1n) is 2.94. The van der Waals surface area contributed by atoms with Gasteiger partial charge in [-0.3, -0.25) is 9.59 Å². The van der Waals surface area contributed by atoms with E-state index >= 15 is 0 Å². The predicted octanol–water partition coefficient (Wildman–Crippen LogP) is -2.36. The third kappa shape index (κ3) is 1.08. The van der Waals surface area contributed by atoms with Gasteiger partial charge in [-0.1, -0.05) is 0 Å². The zero-order valence-corrected chi connectivity index (χ0v) is 5.41. The van der Waals surface area contributed by atoms with E-state index < -0.39 is 11.9 Å². The van der Waals surface area contributed by atoms with Crippen LogP contribution in [0.25, 0.3) is 0 Å². The van der Waals surface area contributed by atoms with Gasteiger partial charge in [-0.15, -0.1) is 0 Å². The van der Waals surface area contributed by atoms with E-state index in [1.807, 2.05) is 0 Å². The summed E-state index contributed by atoms with van der Waals surface area (Å²) in [5, 5.41) is 0. The maximum absolute atomic E-state index is 10.7. The SMILES string of the molecule is NC(=O)CN1CC(N)C1=O. The van der Waals surface area contributed by atoms with Crippen molar-refractivity contribution in [3.05, 3.63) is 0 Å². The largest absolute Gasteiger partial charge is 0.368 e. The molecule has 0 radical (unpaired) electrons. The maximum atomic E-state index is 10.7. The molecule has 1 atom stereocenters. The molecule has 0 aromatic rings. The van der Waals surface area contributed by atoms with Gasteiger partial charge in [-0.2, -0.15) is 0 Å². The Bertz CT molecular complexity index is 180. The third-order valence-corrected chi connectivity index (χ3v) is 1.39. The molecule has 56 valence electrons. The number of hydrogen-bond donors (Lipinski definition) is 2. The Morgan fingerprint density at radius 3 is 2.70 bits per heavy atom. The van der Waals surface area contributed by atoms with Crippen LogP contribution < -0.4 is 11.5 Å². The van der Waals surface area contributed by atoms with Crippen molar-refractivity contribution in [3.8, 4) is 0 Å². The number of nitrogens with two attached hydrogens (primary N) is 2. The predicted molar refractivity (Wildman–Crippen MR) is 33.7 cm³/mol.